The van der Waals surface area contributed by atoms with E-state index in [0.717, 1.165) is 5.69 Å². The van der Waals surface area contributed by atoms with E-state index in [9.17, 15) is 0 Å². The molecule has 0 amide bonds. The van der Waals surface area contributed by atoms with Gasteiger partial charge in [-0.05, 0) is 109 Å². The van der Waals surface area contributed by atoms with E-state index in [1.165, 1.54) is 91.6 Å². The third kappa shape index (κ3) is 5.38. The van der Waals surface area contributed by atoms with Gasteiger partial charge in [-0.3, -0.25) is 0 Å². The van der Waals surface area contributed by atoms with Gasteiger partial charge in [-0.25, -0.2) is 0 Å². The van der Waals surface area contributed by atoms with Crippen molar-refractivity contribution in [3.8, 4) is 33.4 Å². The standard InChI is InChI=1S/C51H43NSSi2/c1-33-38(41-17-9-11-23-47(41)54(2)3)19-13-21-44(33)52(36-26-24-35(25-27-36)40-20-12-15-34-14-6-7-16-39(34)40)37-28-29-43-49(32-37)55(4,5)48-31-30-46-50(51(43)48)42-18-8-10-22-45(42)53-46/h6-32,54H,1-5H3. The number of anilines is 3. The lowest BCUT2D eigenvalue weighted by molar-refractivity contribution is 1.25. The Hall–Kier alpha value is -5.53. The third-order valence-electron chi connectivity index (χ3n) is 12.1. The molecular formula is C51H43NSSi2. The van der Waals surface area contributed by atoms with Crippen LogP contribution in [-0.2, 0) is 0 Å². The molecule has 1 aliphatic heterocycles. The number of fused-ring (bicyclic) bond motifs is 8. The molecule has 9 aromatic rings. The third-order valence-corrected chi connectivity index (χ3v) is 18.5. The quantitative estimate of drug-likeness (QED) is 0.153. The van der Waals surface area contributed by atoms with E-state index in [4.69, 9.17) is 0 Å². The Balaban J connectivity index is 1.17. The highest BCUT2D eigenvalue weighted by atomic mass is 32.1. The number of benzene rings is 8. The molecule has 0 unspecified atom stereocenters. The van der Waals surface area contributed by atoms with Gasteiger partial charge in [0.05, 0.1) is 8.80 Å². The zero-order chi connectivity index (χ0) is 37.4. The molecule has 0 aliphatic carbocycles. The summed E-state index contributed by atoms with van der Waals surface area (Å²) in [5.41, 5.74) is 13.0. The summed E-state index contributed by atoms with van der Waals surface area (Å²) in [5.74, 6) is 0. The van der Waals surface area contributed by atoms with Crippen molar-refractivity contribution in [2.75, 3.05) is 4.90 Å². The maximum Gasteiger partial charge on any atom is 0.113 e. The van der Waals surface area contributed by atoms with Crippen molar-refractivity contribution in [3.63, 3.8) is 0 Å². The van der Waals surface area contributed by atoms with E-state index in [2.05, 4.69) is 202 Å². The summed E-state index contributed by atoms with van der Waals surface area (Å²) in [5, 5.41) is 9.95. The number of hydrogen-bond donors (Lipinski definition) is 0. The first-order valence-electron chi connectivity index (χ1n) is 19.5. The molecule has 1 aliphatic rings. The lowest BCUT2D eigenvalue weighted by atomic mass is 9.96. The molecule has 4 heteroatoms. The van der Waals surface area contributed by atoms with Crippen LogP contribution in [0.3, 0.4) is 0 Å². The van der Waals surface area contributed by atoms with Gasteiger partial charge in [-0.1, -0.05) is 153 Å². The molecule has 10 rings (SSSR count). The minimum atomic E-state index is -2.03. The van der Waals surface area contributed by atoms with E-state index in [1.807, 2.05) is 11.3 Å². The highest BCUT2D eigenvalue weighted by molar-refractivity contribution is 7.26. The van der Waals surface area contributed by atoms with Gasteiger partial charge < -0.3 is 4.90 Å². The van der Waals surface area contributed by atoms with E-state index in [-0.39, 0.29) is 0 Å². The van der Waals surface area contributed by atoms with E-state index in [1.54, 1.807) is 5.19 Å². The van der Waals surface area contributed by atoms with Crippen LogP contribution in [0.25, 0.3) is 64.3 Å². The molecule has 0 saturated carbocycles. The first kappa shape index (κ1) is 34.0. The van der Waals surface area contributed by atoms with Crippen molar-refractivity contribution in [3.05, 3.63) is 169 Å². The Labute approximate surface area is 330 Å². The van der Waals surface area contributed by atoms with Crippen molar-refractivity contribution < 1.29 is 0 Å². The van der Waals surface area contributed by atoms with Crippen molar-refractivity contribution in [2.24, 2.45) is 0 Å². The molecule has 266 valence electrons. The second kappa shape index (κ2) is 13.1. The van der Waals surface area contributed by atoms with Gasteiger partial charge >= 0.3 is 0 Å². The second-order valence-corrected chi connectivity index (χ2v) is 24.3. The Morgan fingerprint density at radius 2 is 1.20 bits per heavy atom. The first-order chi connectivity index (χ1) is 26.8. The van der Waals surface area contributed by atoms with Gasteiger partial charge in [0.1, 0.15) is 8.07 Å². The van der Waals surface area contributed by atoms with Crippen molar-refractivity contribution in [1.82, 2.24) is 0 Å². The zero-order valence-corrected chi connectivity index (χ0v) is 35.0. The Kier molecular flexibility index (Phi) is 8.07. The minimum Gasteiger partial charge on any atom is -0.310 e. The average molecular weight is 758 g/mol. The summed E-state index contributed by atoms with van der Waals surface area (Å²) >= 11 is 1.92. The van der Waals surface area contributed by atoms with Gasteiger partial charge in [0, 0.05) is 37.2 Å². The van der Waals surface area contributed by atoms with Crippen molar-refractivity contribution in [1.29, 1.82) is 0 Å². The normalized spacial score (nSPS) is 13.1. The maximum atomic E-state index is 2.55. The van der Waals surface area contributed by atoms with Crippen LogP contribution >= 0.6 is 11.3 Å². The van der Waals surface area contributed by atoms with Crippen LogP contribution in [-0.4, -0.2) is 16.9 Å². The highest BCUT2D eigenvalue weighted by Gasteiger charge is 2.39. The molecule has 8 aromatic carbocycles. The molecule has 1 nitrogen and oxygen atoms in total. The van der Waals surface area contributed by atoms with Gasteiger partial charge in [-0.15, -0.1) is 11.3 Å². The van der Waals surface area contributed by atoms with Crippen LogP contribution in [0, 0.1) is 6.92 Å². The molecular weight excluding hydrogens is 715 g/mol. The molecule has 55 heavy (non-hydrogen) atoms. The summed E-state index contributed by atoms with van der Waals surface area (Å²) in [6.45, 7) is 12.3. The summed E-state index contributed by atoms with van der Waals surface area (Å²) < 4.78 is 2.75. The zero-order valence-electron chi connectivity index (χ0n) is 32.0. The molecule has 2 heterocycles. The van der Waals surface area contributed by atoms with E-state index >= 15 is 0 Å². The fourth-order valence-electron chi connectivity index (χ4n) is 9.27. The van der Waals surface area contributed by atoms with E-state index < -0.39 is 16.9 Å². The Morgan fingerprint density at radius 1 is 0.527 bits per heavy atom. The van der Waals surface area contributed by atoms with Gasteiger partial charge in [-0.2, -0.15) is 0 Å². The van der Waals surface area contributed by atoms with Gasteiger partial charge in [0.15, 0.2) is 0 Å². The summed E-state index contributed by atoms with van der Waals surface area (Å²) in [7, 11) is -3.10. The molecule has 0 saturated heterocycles. The number of nitrogens with zero attached hydrogens (tertiary/aromatic N) is 1. The predicted octanol–water partition coefficient (Wildman–Crippen LogP) is 12.8. The Bertz CT molecular complexity index is 2950. The number of thiophene rings is 1. The fourth-order valence-corrected chi connectivity index (χ4v) is 14.8. The van der Waals surface area contributed by atoms with Crippen LogP contribution < -0.4 is 20.5 Å². The Morgan fingerprint density at radius 3 is 2.04 bits per heavy atom. The smallest absolute Gasteiger partial charge is 0.113 e. The topological polar surface area (TPSA) is 3.24 Å². The van der Waals surface area contributed by atoms with Crippen molar-refractivity contribution >= 4 is 91.8 Å². The average Bonchev–Trinajstić information content (AvgIpc) is 3.70. The van der Waals surface area contributed by atoms with Crippen LogP contribution in [0.4, 0.5) is 17.1 Å². The fraction of sp³-hybridized carbons (Fsp3) is 0.0980. The van der Waals surface area contributed by atoms with Gasteiger partial charge in [0.2, 0.25) is 0 Å². The molecule has 1 aromatic heterocycles. The predicted molar refractivity (Wildman–Crippen MR) is 248 cm³/mol. The van der Waals surface area contributed by atoms with Gasteiger partial charge in [0.25, 0.3) is 0 Å². The second-order valence-electron chi connectivity index (χ2n) is 15.9. The summed E-state index contributed by atoms with van der Waals surface area (Å²) in [6.07, 6.45) is 0. The highest BCUT2D eigenvalue weighted by Crippen LogP contribution is 2.45. The van der Waals surface area contributed by atoms with Crippen LogP contribution in [0.1, 0.15) is 5.56 Å². The first-order valence-corrected chi connectivity index (χ1v) is 26.2. The maximum absolute atomic E-state index is 2.55. The largest absolute Gasteiger partial charge is 0.310 e. The minimum absolute atomic E-state index is 1.06. The van der Waals surface area contributed by atoms with Crippen LogP contribution in [0.5, 0.6) is 0 Å². The van der Waals surface area contributed by atoms with E-state index in [0.29, 0.717) is 0 Å². The lowest BCUT2D eigenvalue weighted by Crippen LogP contribution is -2.49. The lowest BCUT2D eigenvalue weighted by Gasteiger charge is -2.30. The summed E-state index contributed by atoms with van der Waals surface area (Å²) in [6, 6.07) is 61.7. The molecule has 0 radical (unpaired) electrons. The number of hydrogen-bond acceptors (Lipinski definition) is 2. The van der Waals surface area contributed by atoms with Crippen molar-refractivity contribution in [2.45, 2.75) is 33.1 Å². The molecule has 0 fully saturated rings. The SMILES string of the molecule is Cc1c(-c2ccccc2[SiH](C)C)cccc1N(c1ccc(-c2cccc3ccccc23)cc1)c1ccc2c(c1)[Si](C)(C)c1ccc3sc4ccccc4c3c1-2. The molecule has 0 spiro atoms. The number of rotatable bonds is 6. The monoisotopic (exact) mass is 757 g/mol. The van der Waals surface area contributed by atoms with Crippen LogP contribution in [0.15, 0.2) is 164 Å². The van der Waals surface area contributed by atoms with Crippen LogP contribution in [0.2, 0.25) is 26.2 Å². The molecule has 0 N–H and O–H groups in total. The summed E-state index contributed by atoms with van der Waals surface area (Å²) in [4.78, 5) is 2.52. The molecule has 0 bridgehead atoms. The molecule has 0 atom stereocenters.